The molecule has 2 N–H and O–H groups in total. The fourth-order valence-electron chi connectivity index (χ4n) is 2.28. The monoisotopic (exact) mass is 305 g/mol. The molecule has 1 atom stereocenters. The lowest BCUT2D eigenvalue weighted by molar-refractivity contribution is 0.414. The summed E-state index contributed by atoms with van der Waals surface area (Å²) in [6.07, 6.45) is 0.942. The molecule has 0 amide bonds. The minimum Gasteiger partial charge on any atom is -0.508 e. The molecular formula is C17H20ClNO2. The van der Waals surface area contributed by atoms with Gasteiger partial charge in [0.25, 0.3) is 0 Å². The highest BCUT2D eigenvalue weighted by Crippen LogP contribution is 2.27. The minimum atomic E-state index is 0.201. The summed E-state index contributed by atoms with van der Waals surface area (Å²) >= 11 is 6.13. The van der Waals surface area contributed by atoms with Gasteiger partial charge in [-0.05, 0) is 36.2 Å². The molecule has 21 heavy (non-hydrogen) atoms. The zero-order valence-electron chi connectivity index (χ0n) is 12.3. The lowest BCUT2D eigenvalue weighted by Gasteiger charge is -2.18. The normalized spacial score (nSPS) is 12.1. The second-order valence-electron chi connectivity index (χ2n) is 4.85. The van der Waals surface area contributed by atoms with Gasteiger partial charge in [-0.3, -0.25) is 0 Å². The Bertz CT molecular complexity index is 564. The maximum Gasteiger partial charge on any atom is 0.121 e. The van der Waals surface area contributed by atoms with Gasteiger partial charge in [0.2, 0.25) is 0 Å². The number of nitrogens with one attached hydrogen (secondary N) is 1. The number of ether oxygens (including phenoxy) is 1. The minimum absolute atomic E-state index is 0.201. The quantitative estimate of drug-likeness (QED) is 0.836. The fourth-order valence-corrected chi connectivity index (χ4v) is 2.52. The first-order chi connectivity index (χ1) is 10.2. The maximum absolute atomic E-state index is 9.87. The number of rotatable bonds is 6. The Hall–Kier alpha value is -1.71. The van der Waals surface area contributed by atoms with Gasteiger partial charge in [0.1, 0.15) is 11.5 Å². The van der Waals surface area contributed by atoms with Crippen LogP contribution in [0.1, 0.15) is 30.5 Å². The van der Waals surface area contributed by atoms with Crippen LogP contribution in [0.4, 0.5) is 0 Å². The van der Waals surface area contributed by atoms with Crippen LogP contribution in [0.2, 0.25) is 5.02 Å². The third kappa shape index (κ3) is 3.90. The Morgan fingerprint density at radius 2 is 1.90 bits per heavy atom. The molecule has 2 aromatic carbocycles. The smallest absolute Gasteiger partial charge is 0.121 e. The van der Waals surface area contributed by atoms with E-state index in [4.69, 9.17) is 16.3 Å². The van der Waals surface area contributed by atoms with E-state index in [1.54, 1.807) is 25.3 Å². The summed E-state index contributed by atoms with van der Waals surface area (Å²) < 4.78 is 5.17. The summed E-state index contributed by atoms with van der Waals surface area (Å²) in [4.78, 5) is 0. The number of hydrogen-bond acceptors (Lipinski definition) is 3. The van der Waals surface area contributed by atoms with Crippen molar-refractivity contribution in [2.75, 3.05) is 7.11 Å². The molecule has 0 fully saturated rings. The van der Waals surface area contributed by atoms with Crippen molar-refractivity contribution in [2.45, 2.75) is 25.9 Å². The number of methoxy groups -OCH3 is 1. The molecule has 0 spiro atoms. The van der Waals surface area contributed by atoms with Crippen molar-refractivity contribution in [3.05, 3.63) is 58.6 Å². The summed E-state index contributed by atoms with van der Waals surface area (Å²) in [6.45, 7) is 2.64. The molecule has 0 heterocycles. The van der Waals surface area contributed by atoms with E-state index in [0.29, 0.717) is 11.6 Å². The lowest BCUT2D eigenvalue weighted by Crippen LogP contribution is -2.20. The van der Waals surface area contributed by atoms with Crippen molar-refractivity contribution in [1.29, 1.82) is 0 Å². The van der Waals surface area contributed by atoms with Crippen molar-refractivity contribution in [3.63, 3.8) is 0 Å². The first-order valence-corrected chi connectivity index (χ1v) is 7.37. The standard InChI is InChI=1S/C17H20ClNO2/c1-3-16(12-7-9-13(21-2)10-8-12)19-11-14-15(18)5-4-6-17(14)20/h4-10,16,19-20H,3,11H2,1-2H3. The highest BCUT2D eigenvalue weighted by atomic mass is 35.5. The van der Waals surface area contributed by atoms with E-state index in [-0.39, 0.29) is 11.8 Å². The molecule has 0 aliphatic carbocycles. The van der Waals surface area contributed by atoms with Crippen molar-refractivity contribution in [3.8, 4) is 11.5 Å². The fraction of sp³-hybridized carbons (Fsp3) is 0.294. The zero-order chi connectivity index (χ0) is 15.2. The summed E-state index contributed by atoms with van der Waals surface area (Å²) in [5.74, 6) is 1.07. The molecule has 4 heteroatoms. The average Bonchev–Trinajstić information content (AvgIpc) is 2.51. The Morgan fingerprint density at radius 3 is 2.48 bits per heavy atom. The largest absolute Gasteiger partial charge is 0.508 e. The Labute approximate surface area is 130 Å². The Balaban J connectivity index is 2.08. The van der Waals surface area contributed by atoms with Crippen LogP contribution in [0, 0.1) is 0 Å². The average molecular weight is 306 g/mol. The Kier molecular flexibility index (Phi) is 5.48. The summed E-state index contributed by atoms with van der Waals surface area (Å²) in [5, 5.41) is 13.9. The number of phenolic OH excluding ortho intramolecular Hbond substituents is 1. The molecular weight excluding hydrogens is 286 g/mol. The van der Waals surface area contributed by atoms with Gasteiger partial charge in [0.15, 0.2) is 0 Å². The molecule has 0 saturated heterocycles. The molecule has 0 aliphatic heterocycles. The van der Waals surface area contributed by atoms with E-state index in [1.165, 1.54) is 5.56 Å². The molecule has 0 radical (unpaired) electrons. The van der Waals surface area contributed by atoms with Crippen molar-refractivity contribution < 1.29 is 9.84 Å². The number of benzene rings is 2. The summed E-state index contributed by atoms with van der Waals surface area (Å²) in [5.41, 5.74) is 1.91. The molecule has 0 saturated carbocycles. The predicted molar refractivity (Wildman–Crippen MR) is 86.0 cm³/mol. The number of aromatic hydroxyl groups is 1. The van der Waals surface area contributed by atoms with Crippen LogP contribution in [-0.4, -0.2) is 12.2 Å². The van der Waals surface area contributed by atoms with Gasteiger partial charge in [-0.2, -0.15) is 0 Å². The number of hydrogen-bond donors (Lipinski definition) is 2. The van der Waals surface area contributed by atoms with Crippen LogP contribution in [0.5, 0.6) is 11.5 Å². The van der Waals surface area contributed by atoms with Gasteiger partial charge in [0.05, 0.1) is 7.11 Å². The first kappa shape index (κ1) is 15.7. The topological polar surface area (TPSA) is 41.5 Å². The molecule has 112 valence electrons. The second-order valence-corrected chi connectivity index (χ2v) is 5.26. The van der Waals surface area contributed by atoms with Gasteiger partial charge >= 0.3 is 0 Å². The highest BCUT2D eigenvalue weighted by Gasteiger charge is 2.12. The second kappa shape index (κ2) is 7.34. The summed E-state index contributed by atoms with van der Waals surface area (Å²) in [6, 6.07) is 13.4. The first-order valence-electron chi connectivity index (χ1n) is 6.99. The number of halogens is 1. The molecule has 0 bridgehead atoms. The SMILES string of the molecule is CCC(NCc1c(O)cccc1Cl)c1ccc(OC)cc1. The van der Waals surface area contributed by atoms with Gasteiger partial charge in [-0.15, -0.1) is 0 Å². The molecule has 0 aromatic heterocycles. The van der Waals surface area contributed by atoms with Crippen LogP contribution in [-0.2, 0) is 6.54 Å². The molecule has 0 aliphatic rings. The van der Waals surface area contributed by atoms with Crippen LogP contribution < -0.4 is 10.1 Å². The lowest BCUT2D eigenvalue weighted by atomic mass is 10.0. The Morgan fingerprint density at radius 1 is 1.19 bits per heavy atom. The van der Waals surface area contributed by atoms with Crippen molar-refractivity contribution >= 4 is 11.6 Å². The van der Waals surface area contributed by atoms with Gasteiger partial charge in [-0.1, -0.05) is 36.7 Å². The third-order valence-electron chi connectivity index (χ3n) is 3.55. The van der Waals surface area contributed by atoms with Gasteiger partial charge in [-0.25, -0.2) is 0 Å². The van der Waals surface area contributed by atoms with E-state index in [9.17, 15) is 5.11 Å². The molecule has 2 rings (SSSR count). The van der Waals surface area contributed by atoms with Crippen molar-refractivity contribution in [2.24, 2.45) is 0 Å². The van der Waals surface area contributed by atoms with Crippen LogP contribution in [0.25, 0.3) is 0 Å². The number of phenols is 1. The zero-order valence-corrected chi connectivity index (χ0v) is 13.0. The molecule has 1 unspecified atom stereocenters. The third-order valence-corrected chi connectivity index (χ3v) is 3.90. The van der Waals surface area contributed by atoms with E-state index in [1.807, 2.05) is 24.3 Å². The predicted octanol–water partition coefficient (Wildman–Crippen LogP) is 4.30. The van der Waals surface area contributed by atoms with E-state index < -0.39 is 0 Å². The highest BCUT2D eigenvalue weighted by molar-refractivity contribution is 6.31. The van der Waals surface area contributed by atoms with Crippen LogP contribution >= 0.6 is 11.6 Å². The van der Waals surface area contributed by atoms with Crippen LogP contribution in [0.3, 0.4) is 0 Å². The van der Waals surface area contributed by atoms with E-state index >= 15 is 0 Å². The van der Waals surface area contributed by atoms with E-state index in [0.717, 1.165) is 17.7 Å². The maximum atomic E-state index is 9.87. The molecule has 2 aromatic rings. The van der Waals surface area contributed by atoms with Gasteiger partial charge < -0.3 is 15.2 Å². The van der Waals surface area contributed by atoms with Crippen molar-refractivity contribution in [1.82, 2.24) is 5.32 Å². The summed E-state index contributed by atoms with van der Waals surface area (Å²) in [7, 11) is 1.66. The van der Waals surface area contributed by atoms with Gasteiger partial charge in [0, 0.05) is 23.2 Å². The molecule has 3 nitrogen and oxygen atoms in total. The van der Waals surface area contributed by atoms with E-state index in [2.05, 4.69) is 12.2 Å². The van der Waals surface area contributed by atoms with Crippen LogP contribution in [0.15, 0.2) is 42.5 Å².